The third-order valence-corrected chi connectivity index (χ3v) is 3.70. The highest BCUT2D eigenvalue weighted by Gasteiger charge is 2.23. The minimum atomic E-state index is 0.0949. The lowest BCUT2D eigenvalue weighted by Crippen LogP contribution is -2.38. The summed E-state index contributed by atoms with van der Waals surface area (Å²) >= 11 is 0. The number of hydrogen-bond acceptors (Lipinski definition) is 6. The van der Waals surface area contributed by atoms with Gasteiger partial charge >= 0.3 is 0 Å². The predicted octanol–water partition coefficient (Wildman–Crippen LogP) is 1.06. The summed E-state index contributed by atoms with van der Waals surface area (Å²) in [6.07, 6.45) is 4.74. The van der Waals surface area contributed by atoms with Crippen LogP contribution in [0.15, 0.2) is 6.33 Å². The van der Waals surface area contributed by atoms with Gasteiger partial charge in [-0.2, -0.15) is 0 Å². The molecule has 1 saturated heterocycles. The molecule has 2 heterocycles. The van der Waals surface area contributed by atoms with E-state index >= 15 is 0 Å². The number of nitrogens with one attached hydrogen (secondary N) is 1. The molecule has 0 aromatic carbocycles. The Morgan fingerprint density at radius 2 is 2.15 bits per heavy atom. The Morgan fingerprint density at radius 3 is 2.75 bits per heavy atom. The van der Waals surface area contributed by atoms with E-state index in [1.54, 1.807) is 6.33 Å². The van der Waals surface area contributed by atoms with E-state index in [2.05, 4.69) is 27.1 Å². The van der Waals surface area contributed by atoms with Crippen molar-refractivity contribution in [3.63, 3.8) is 0 Å². The van der Waals surface area contributed by atoms with E-state index in [1.165, 1.54) is 5.56 Å². The molecule has 1 aliphatic heterocycles. The standard InChI is InChI=1S/C14H24N4O2/c1-3-12-13(15-2)16-10-17-14(12)18-6-4-11(5-7-18)20-9-8-19/h10-11,19H,3-9H2,1-2H3,(H,15,16,17). The molecule has 0 unspecified atom stereocenters. The van der Waals surface area contributed by atoms with Gasteiger partial charge in [-0.1, -0.05) is 6.92 Å². The summed E-state index contributed by atoms with van der Waals surface area (Å²) in [7, 11) is 1.89. The Bertz CT molecular complexity index is 420. The second kappa shape index (κ2) is 7.40. The first-order valence-corrected chi connectivity index (χ1v) is 7.29. The van der Waals surface area contributed by atoms with Gasteiger partial charge in [0.05, 0.1) is 19.3 Å². The zero-order valence-corrected chi connectivity index (χ0v) is 12.3. The molecule has 0 radical (unpaired) electrons. The molecule has 0 saturated carbocycles. The average Bonchev–Trinajstić information content (AvgIpc) is 2.52. The monoisotopic (exact) mass is 280 g/mol. The Kier molecular flexibility index (Phi) is 5.55. The fraction of sp³-hybridized carbons (Fsp3) is 0.714. The van der Waals surface area contributed by atoms with Gasteiger partial charge in [0, 0.05) is 25.7 Å². The highest BCUT2D eigenvalue weighted by molar-refractivity contribution is 5.58. The van der Waals surface area contributed by atoms with E-state index in [0.29, 0.717) is 6.61 Å². The fourth-order valence-corrected chi connectivity index (χ4v) is 2.67. The molecule has 1 aromatic heterocycles. The maximum Gasteiger partial charge on any atom is 0.137 e. The zero-order valence-electron chi connectivity index (χ0n) is 12.3. The summed E-state index contributed by atoms with van der Waals surface area (Å²) in [5, 5.41) is 11.9. The van der Waals surface area contributed by atoms with Crippen molar-refractivity contribution in [2.75, 3.05) is 43.6 Å². The highest BCUT2D eigenvalue weighted by Crippen LogP contribution is 2.26. The quantitative estimate of drug-likeness (QED) is 0.812. The lowest BCUT2D eigenvalue weighted by atomic mass is 10.1. The van der Waals surface area contributed by atoms with E-state index < -0.39 is 0 Å². The van der Waals surface area contributed by atoms with Gasteiger partial charge in [0.2, 0.25) is 0 Å². The van der Waals surface area contributed by atoms with Crippen molar-refractivity contribution in [3.8, 4) is 0 Å². The largest absolute Gasteiger partial charge is 0.394 e. The molecule has 6 heteroatoms. The van der Waals surface area contributed by atoms with Crippen LogP contribution in [-0.4, -0.2) is 54.5 Å². The first kappa shape index (κ1) is 15.0. The van der Waals surface area contributed by atoms with E-state index in [4.69, 9.17) is 9.84 Å². The molecule has 2 N–H and O–H groups in total. The van der Waals surface area contributed by atoms with Crippen molar-refractivity contribution in [2.45, 2.75) is 32.3 Å². The Hall–Kier alpha value is -1.40. The second-order valence-electron chi connectivity index (χ2n) is 4.91. The highest BCUT2D eigenvalue weighted by atomic mass is 16.5. The number of rotatable bonds is 6. The van der Waals surface area contributed by atoms with Gasteiger partial charge in [-0.25, -0.2) is 9.97 Å². The molecule has 6 nitrogen and oxygen atoms in total. The van der Waals surface area contributed by atoms with Crippen molar-refractivity contribution in [1.29, 1.82) is 0 Å². The molecular formula is C14H24N4O2. The van der Waals surface area contributed by atoms with Crippen LogP contribution in [-0.2, 0) is 11.2 Å². The Balaban J connectivity index is 2.03. The number of anilines is 2. The number of piperidine rings is 1. The van der Waals surface area contributed by atoms with E-state index in [1.807, 2.05) is 7.05 Å². The molecule has 0 amide bonds. The van der Waals surface area contributed by atoms with Crippen LogP contribution in [0.3, 0.4) is 0 Å². The summed E-state index contributed by atoms with van der Waals surface area (Å²) in [6.45, 7) is 4.52. The van der Waals surface area contributed by atoms with Gasteiger partial charge in [-0.15, -0.1) is 0 Å². The first-order valence-electron chi connectivity index (χ1n) is 7.29. The minimum absolute atomic E-state index is 0.0949. The number of ether oxygens (including phenoxy) is 1. The van der Waals surface area contributed by atoms with Crippen molar-refractivity contribution in [3.05, 3.63) is 11.9 Å². The van der Waals surface area contributed by atoms with Crippen LogP contribution < -0.4 is 10.2 Å². The summed E-state index contributed by atoms with van der Waals surface area (Å²) in [6, 6.07) is 0. The summed E-state index contributed by atoms with van der Waals surface area (Å²) in [5.41, 5.74) is 1.17. The van der Waals surface area contributed by atoms with Gasteiger partial charge in [0.1, 0.15) is 18.0 Å². The SMILES string of the molecule is CCc1c(NC)ncnc1N1CCC(OCCO)CC1. The van der Waals surface area contributed by atoms with E-state index in [9.17, 15) is 0 Å². The van der Waals surface area contributed by atoms with Crippen LogP contribution in [0.25, 0.3) is 0 Å². The lowest BCUT2D eigenvalue weighted by Gasteiger charge is -2.33. The lowest BCUT2D eigenvalue weighted by molar-refractivity contribution is 0.0158. The Morgan fingerprint density at radius 1 is 1.40 bits per heavy atom. The number of hydrogen-bond donors (Lipinski definition) is 2. The first-order chi connectivity index (χ1) is 9.80. The maximum atomic E-state index is 8.79. The van der Waals surface area contributed by atoms with Crippen molar-refractivity contribution < 1.29 is 9.84 Å². The Labute approximate surface area is 120 Å². The van der Waals surface area contributed by atoms with Gasteiger partial charge < -0.3 is 20.1 Å². The summed E-state index contributed by atoms with van der Waals surface area (Å²) in [5.74, 6) is 1.95. The van der Waals surface area contributed by atoms with Crippen molar-refractivity contribution in [1.82, 2.24) is 9.97 Å². The second-order valence-corrected chi connectivity index (χ2v) is 4.91. The number of nitrogens with zero attached hydrogens (tertiary/aromatic N) is 3. The van der Waals surface area contributed by atoms with Crippen LogP contribution in [0.2, 0.25) is 0 Å². The molecule has 0 aliphatic carbocycles. The third-order valence-electron chi connectivity index (χ3n) is 3.70. The van der Waals surface area contributed by atoms with Gasteiger partial charge in [-0.05, 0) is 19.3 Å². The zero-order chi connectivity index (χ0) is 14.4. The smallest absolute Gasteiger partial charge is 0.137 e. The normalized spacial score (nSPS) is 16.4. The van der Waals surface area contributed by atoms with Crippen LogP contribution in [0.5, 0.6) is 0 Å². The van der Waals surface area contributed by atoms with Crippen molar-refractivity contribution >= 4 is 11.6 Å². The molecule has 1 aromatic rings. The molecular weight excluding hydrogens is 256 g/mol. The van der Waals surface area contributed by atoms with Gasteiger partial charge in [0.25, 0.3) is 0 Å². The number of aliphatic hydroxyl groups excluding tert-OH is 1. The fourth-order valence-electron chi connectivity index (χ4n) is 2.67. The van der Waals surface area contributed by atoms with Crippen LogP contribution >= 0.6 is 0 Å². The van der Waals surface area contributed by atoms with E-state index in [-0.39, 0.29) is 12.7 Å². The molecule has 1 fully saturated rings. The van der Waals surface area contributed by atoms with Gasteiger partial charge in [-0.3, -0.25) is 0 Å². The predicted molar refractivity (Wildman–Crippen MR) is 79.2 cm³/mol. The summed E-state index contributed by atoms with van der Waals surface area (Å²) < 4.78 is 5.60. The van der Waals surface area contributed by atoms with Crippen LogP contribution in [0, 0.1) is 0 Å². The topological polar surface area (TPSA) is 70.5 Å². The molecule has 0 atom stereocenters. The maximum absolute atomic E-state index is 8.79. The third kappa shape index (κ3) is 3.37. The molecule has 0 bridgehead atoms. The molecule has 0 spiro atoms. The minimum Gasteiger partial charge on any atom is -0.394 e. The molecule has 112 valence electrons. The number of aromatic nitrogens is 2. The van der Waals surface area contributed by atoms with Gasteiger partial charge in [0.15, 0.2) is 0 Å². The molecule has 1 aliphatic rings. The average molecular weight is 280 g/mol. The molecule has 20 heavy (non-hydrogen) atoms. The van der Waals surface area contributed by atoms with Crippen molar-refractivity contribution in [2.24, 2.45) is 0 Å². The number of aliphatic hydroxyl groups is 1. The van der Waals surface area contributed by atoms with Crippen LogP contribution in [0.1, 0.15) is 25.3 Å². The van der Waals surface area contributed by atoms with Crippen LogP contribution in [0.4, 0.5) is 11.6 Å². The molecule has 2 rings (SSSR count). The summed E-state index contributed by atoms with van der Waals surface area (Å²) in [4.78, 5) is 11.0. The van der Waals surface area contributed by atoms with E-state index in [0.717, 1.165) is 44.0 Å².